The van der Waals surface area contributed by atoms with Crippen LogP contribution in [0.4, 0.5) is 5.82 Å². The molecule has 0 fully saturated rings. The Bertz CT molecular complexity index is 1090. The van der Waals surface area contributed by atoms with Crippen LogP contribution in [0.3, 0.4) is 0 Å². The number of amides is 1. The van der Waals surface area contributed by atoms with Gasteiger partial charge in [-0.15, -0.1) is 0 Å². The van der Waals surface area contributed by atoms with Crippen LogP contribution >= 0.6 is 34.4 Å². The van der Waals surface area contributed by atoms with Crippen LogP contribution < -0.4 is 20.7 Å². The van der Waals surface area contributed by atoms with Gasteiger partial charge in [0.15, 0.2) is 22.5 Å². The van der Waals surface area contributed by atoms with Gasteiger partial charge in [-0.25, -0.2) is 15.4 Å². The number of hydrogen-bond acceptors (Lipinski definition) is 8. The molecule has 0 aliphatic carbocycles. The quantitative estimate of drug-likeness (QED) is 0.171. The molecule has 3 heterocycles. The summed E-state index contributed by atoms with van der Waals surface area (Å²) in [4.78, 5) is 21.1. The minimum Gasteiger partial charge on any atom is -0.454 e. The van der Waals surface area contributed by atoms with Gasteiger partial charge < -0.3 is 19.8 Å². The van der Waals surface area contributed by atoms with Crippen molar-refractivity contribution in [2.45, 2.75) is 42.3 Å². The molecule has 1 aromatic carbocycles. The van der Waals surface area contributed by atoms with Crippen molar-refractivity contribution < 1.29 is 19.5 Å². The van der Waals surface area contributed by atoms with Crippen molar-refractivity contribution >= 4 is 57.1 Å². The van der Waals surface area contributed by atoms with Gasteiger partial charge in [0.05, 0.1) is 5.52 Å². The predicted octanol–water partition coefficient (Wildman–Crippen LogP) is 3.56. The first kappa shape index (κ1) is 21.0. The summed E-state index contributed by atoms with van der Waals surface area (Å²) >= 11 is 3.82. The molecule has 0 saturated carbocycles. The van der Waals surface area contributed by atoms with Crippen molar-refractivity contribution in [2.24, 2.45) is 0 Å². The van der Waals surface area contributed by atoms with Crippen LogP contribution in [-0.2, 0) is 11.3 Å². The number of aromatic nitrogens is 3. The maximum absolute atomic E-state index is 11.2. The highest BCUT2D eigenvalue weighted by Gasteiger charge is 2.20. The molecule has 2 aromatic heterocycles. The molecule has 11 heteroatoms. The Balaban J connectivity index is 1.57. The number of anilines is 1. The second kappa shape index (κ2) is 9.27. The summed E-state index contributed by atoms with van der Waals surface area (Å²) in [7, 11) is 0. The number of ether oxygens (including phenoxy) is 2. The van der Waals surface area contributed by atoms with Crippen molar-refractivity contribution in [3.05, 3.63) is 28.0 Å². The zero-order valence-corrected chi connectivity index (χ0v) is 18.9. The molecular weight excluding hydrogens is 521 g/mol. The SMILES string of the molecule is Nc1nccc2c1nc(Sc1cc3c(cc1I)OCO3)n2CCCCCC(=O)NO. The number of nitrogen functional groups attached to an aromatic ring is 1. The lowest BCUT2D eigenvalue weighted by molar-refractivity contribution is -0.129. The molecule has 9 nitrogen and oxygen atoms in total. The van der Waals surface area contributed by atoms with Crippen molar-refractivity contribution in [3.8, 4) is 11.5 Å². The van der Waals surface area contributed by atoms with Crippen molar-refractivity contribution in [3.63, 3.8) is 0 Å². The fourth-order valence-electron chi connectivity index (χ4n) is 3.21. The smallest absolute Gasteiger partial charge is 0.243 e. The fraction of sp³-hybridized carbons (Fsp3) is 0.316. The molecule has 0 bridgehead atoms. The first-order chi connectivity index (χ1) is 14.6. The van der Waals surface area contributed by atoms with Crippen molar-refractivity contribution in [2.75, 3.05) is 12.5 Å². The number of pyridine rings is 1. The molecule has 0 unspecified atom stereocenters. The molecule has 0 spiro atoms. The molecule has 1 aliphatic rings. The molecule has 3 aromatic rings. The maximum Gasteiger partial charge on any atom is 0.243 e. The highest BCUT2D eigenvalue weighted by atomic mass is 127. The Labute approximate surface area is 190 Å². The molecule has 4 N–H and O–H groups in total. The molecule has 158 valence electrons. The number of aryl methyl sites for hydroxylation is 1. The number of hydrogen-bond donors (Lipinski definition) is 3. The Morgan fingerprint density at radius 1 is 1.30 bits per heavy atom. The van der Waals surface area contributed by atoms with E-state index in [0.29, 0.717) is 24.2 Å². The maximum atomic E-state index is 11.2. The molecule has 0 radical (unpaired) electrons. The van der Waals surface area contributed by atoms with Crippen molar-refractivity contribution in [1.82, 2.24) is 20.0 Å². The number of carbonyl (C=O) groups excluding carboxylic acids is 1. The number of hydroxylamine groups is 1. The lowest BCUT2D eigenvalue weighted by Gasteiger charge is -2.10. The number of imidazole rings is 1. The topological polar surface area (TPSA) is 125 Å². The van der Waals surface area contributed by atoms with E-state index in [-0.39, 0.29) is 12.7 Å². The Hall–Kier alpha value is -2.25. The van der Waals surface area contributed by atoms with E-state index in [2.05, 4.69) is 32.1 Å². The lowest BCUT2D eigenvalue weighted by atomic mass is 10.2. The average molecular weight is 541 g/mol. The summed E-state index contributed by atoms with van der Waals surface area (Å²) in [6, 6.07) is 5.83. The Kier molecular flexibility index (Phi) is 6.49. The number of fused-ring (bicyclic) bond motifs is 2. The van der Waals surface area contributed by atoms with E-state index >= 15 is 0 Å². The van der Waals surface area contributed by atoms with E-state index in [9.17, 15) is 4.79 Å². The molecule has 30 heavy (non-hydrogen) atoms. The Morgan fingerprint density at radius 2 is 2.10 bits per heavy atom. The first-order valence-electron chi connectivity index (χ1n) is 9.37. The number of carbonyl (C=O) groups is 1. The molecule has 4 rings (SSSR count). The van der Waals surface area contributed by atoms with Crippen LogP contribution in [0.2, 0.25) is 0 Å². The minimum absolute atomic E-state index is 0.231. The van der Waals surface area contributed by atoms with Gasteiger partial charge in [0.25, 0.3) is 0 Å². The van der Waals surface area contributed by atoms with Crippen molar-refractivity contribution in [1.29, 1.82) is 0 Å². The van der Waals surface area contributed by atoms with Gasteiger partial charge in [0.2, 0.25) is 12.7 Å². The second-order valence-electron chi connectivity index (χ2n) is 6.69. The second-order valence-corrected chi connectivity index (χ2v) is 8.86. The van der Waals surface area contributed by atoms with Crippen LogP contribution in [-0.4, -0.2) is 32.4 Å². The molecular formula is C19H20IN5O4S. The van der Waals surface area contributed by atoms with E-state index in [1.165, 1.54) is 0 Å². The summed E-state index contributed by atoms with van der Waals surface area (Å²) < 4.78 is 14.1. The van der Waals surface area contributed by atoms with Crippen LogP contribution in [0.1, 0.15) is 25.7 Å². The number of unbranched alkanes of at least 4 members (excludes halogenated alkanes) is 2. The molecule has 0 saturated heterocycles. The van der Waals surface area contributed by atoms with Gasteiger partial charge in [-0.3, -0.25) is 10.0 Å². The molecule has 0 atom stereocenters. The summed E-state index contributed by atoms with van der Waals surface area (Å²) in [6.07, 6.45) is 4.39. The zero-order valence-electron chi connectivity index (χ0n) is 15.9. The number of nitrogens with two attached hydrogens (primary N) is 1. The predicted molar refractivity (Wildman–Crippen MR) is 120 cm³/mol. The standard InChI is InChI=1S/C19H20IN5O4S/c20-11-8-13-14(29-10-28-13)9-15(11)30-19-23-17-12(5-6-22-18(17)21)25(19)7-3-1-2-4-16(26)24-27/h5-6,8-9,27H,1-4,7,10H2,(H2,21,22)(H,24,26). The minimum atomic E-state index is -0.365. The van der Waals surface area contributed by atoms with Gasteiger partial charge in [-0.2, -0.15) is 0 Å². The summed E-state index contributed by atoms with van der Waals surface area (Å²) in [5, 5.41) is 9.41. The first-order valence-corrected chi connectivity index (χ1v) is 11.3. The number of halogens is 1. The largest absolute Gasteiger partial charge is 0.454 e. The lowest BCUT2D eigenvalue weighted by Crippen LogP contribution is -2.17. The van der Waals surface area contributed by atoms with E-state index in [1.807, 2.05) is 18.2 Å². The third-order valence-corrected chi connectivity index (χ3v) is 7.01. The van der Waals surface area contributed by atoms with Crippen LogP contribution in [0.25, 0.3) is 11.0 Å². The summed E-state index contributed by atoms with van der Waals surface area (Å²) in [5.41, 5.74) is 9.32. The number of nitrogens with zero attached hydrogens (tertiary/aromatic N) is 3. The van der Waals surface area contributed by atoms with Gasteiger partial charge in [0, 0.05) is 27.6 Å². The van der Waals surface area contributed by atoms with Gasteiger partial charge >= 0.3 is 0 Å². The number of rotatable bonds is 8. The van der Waals surface area contributed by atoms with Gasteiger partial charge in [0.1, 0.15) is 5.52 Å². The van der Waals surface area contributed by atoms with Gasteiger partial charge in [-0.05, 0) is 53.6 Å². The molecule has 1 aliphatic heterocycles. The van der Waals surface area contributed by atoms with Crippen LogP contribution in [0.5, 0.6) is 11.5 Å². The number of benzene rings is 1. The fourth-order valence-corrected chi connectivity index (χ4v) is 4.93. The monoisotopic (exact) mass is 541 g/mol. The van der Waals surface area contributed by atoms with E-state index in [1.54, 1.807) is 23.4 Å². The van der Waals surface area contributed by atoms with E-state index < -0.39 is 0 Å². The van der Waals surface area contributed by atoms with E-state index in [4.69, 9.17) is 25.4 Å². The number of nitrogens with one attached hydrogen (secondary N) is 1. The summed E-state index contributed by atoms with van der Waals surface area (Å²) in [5.74, 6) is 1.50. The van der Waals surface area contributed by atoms with Crippen LogP contribution in [0.15, 0.2) is 34.4 Å². The normalized spacial score (nSPS) is 12.5. The summed E-state index contributed by atoms with van der Waals surface area (Å²) in [6.45, 7) is 0.957. The van der Waals surface area contributed by atoms with E-state index in [0.717, 1.165) is 50.0 Å². The zero-order chi connectivity index (χ0) is 21.1. The highest BCUT2D eigenvalue weighted by molar-refractivity contribution is 14.1. The molecule has 1 amide bonds. The Morgan fingerprint density at radius 3 is 2.90 bits per heavy atom. The van der Waals surface area contributed by atoms with Gasteiger partial charge in [-0.1, -0.05) is 18.2 Å². The highest BCUT2D eigenvalue weighted by Crippen LogP contribution is 2.41. The van der Waals surface area contributed by atoms with Crippen LogP contribution in [0, 0.1) is 3.57 Å². The third-order valence-electron chi connectivity index (χ3n) is 4.70. The average Bonchev–Trinajstić information content (AvgIpc) is 3.33. The third kappa shape index (κ3) is 4.42.